The number of esters is 1. The Labute approximate surface area is 112 Å². The maximum atomic E-state index is 11.6. The summed E-state index contributed by atoms with van der Waals surface area (Å²) in [6.45, 7) is 1.28. The molecule has 0 aliphatic heterocycles. The maximum absolute atomic E-state index is 11.6. The lowest BCUT2D eigenvalue weighted by Crippen LogP contribution is -2.26. The summed E-state index contributed by atoms with van der Waals surface area (Å²) in [7, 11) is 3.38. The first-order valence-electron chi connectivity index (χ1n) is 6.28. The van der Waals surface area contributed by atoms with Crippen molar-refractivity contribution in [1.29, 1.82) is 0 Å². The van der Waals surface area contributed by atoms with Crippen LogP contribution < -0.4 is 10.5 Å². The van der Waals surface area contributed by atoms with E-state index in [1.807, 2.05) is 0 Å². The number of hydrogen-bond acceptors (Lipinski definition) is 6. The van der Waals surface area contributed by atoms with Crippen LogP contribution >= 0.6 is 0 Å². The van der Waals surface area contributed by atoms with E-state index in [1.54, 1.807) is 0 Å². The topological polar surface area (TPSA) is 77.7 Å². The molecule has 0 unspecified atom stereocenters. The van der Waals surface area contributed by atoms with Gasteiger partial charge in [-0.2, -0.15) is 0 Å². The molecule has 6 heteroatoms. The third-order valence-corrected chi connectivity index (χ3v) is 3.13. The molecule has 1 aliphatic rings. The van der Waals surface area contributed by atoms with Crippen LogP contribution in [0, 0.1) is 0 Å². The Bertz CT molecular complexity index is 460. The highest BCUT2D eigenvalue weighted by atomic mass is 16.5. The van der Waals surface area contributed by atoms with Crippen molar-refractivity contribution in [2.45, 2.75) is 18.9 Å². The molecule has 0 aromatic carbocycles. The summed E-state index contributed by atoms with van der Waals surface area (Å²) in [4.78, 5) is 17.9. The number of methoxy groups -OCH3 is 1. The van der Waals surface area contributed by atoms with E-state index < -0.39 is 5.97 Å². The van der Waals surface area contributed by atoms with Crippen LogP contribution in [0.2, 0.25) is 0 Å². The zero-order valence-corrected chi connectivity index (χ0v) is 11.3. The first-order valence-corrected chi connectivity index (χ1v) is 6.28. The Kier molecular flexibility index (Phi) is 4.21. The van der Waals surface area contributed by atoms with Crippen molar-refractivity contribution in [3.05, 3.63) is 17.8 Å². The predicted octanol–water partition coefficient (Wildman–Crippen LogP) is 0.923. The van der Waals surface area contributed by atoms with Crippen molar-refractivity contribution in [3.8, 4) is 5.88 Å². The van der Waals surface area contributed by atoms with Gasteiger partial charge in [-0.15, -0.1) is 0 Å². The molecule has 1 aliphatic carbocycles. The minimum Gasteiger partial charge on any atom is -0.476 e. The second-order valence-corrected chi connectivity index (χ2v) is 4.67. The highest BCUT2D eigenvalue weighted by Gasteiger charge is 2.25. The summed E-state index contributed by atoms with van der Waals surface area (Å²) >= 11 is 0. The van der Waals surface area contributed by atoms with E-state index in [9.17, 15) is 4.79 Å². The molecule has 6 nitrogen and oxygen atoms in total. The van der Waals surface area contributed by atoms with Crippen molar-refractivity contribution in [1.82, 2.24) is 9.88 Å². The Hall–Kier alpha value is -1.82. The van der Waals surface area contributed by atoms with Crippen LogP contribution in [0.1, 0.15) is 23.2 Å². The number of ether oxygens (including phenoxy) is 2. The molecule has 2 rings (SSSR count). The Morgan fingerprint density at radius 1 is 1.58 bits per heavy atom. The van der Waals surface area contributed by atoms with Gasteiger partial charge in [0.05, 0.1) is 19.0 Å². The second kappa shape index (κ2) is 5.88. The summed E-state index contributed by atoms with van der Waals surface area (Å²) in [6.07, 6.45) is 3.97. The van der Waals surface area contributed by atoms with E-state index in [0.717, 1.165) is 6.54 Å². The molecule has 0 radical (unpaired) electrons. The summed E-state index contributed by atoms with van der Waals surface area (Å²) in [5.74, 6) is -0.226. The van der Waals surface area contributed by atoms with Crippen molar-refractivity contribution in [3.63, 3.8) is 0 Å². The molecular weight excluding hydrogens is 246 g/mol. The smallest absolute Gasteiger partial charge is 0.343 e. The van der Waals surface area contributed by atoms with Gasteiger partial charge in [-0.1, -0.05) is 0 Å². The van der Waals surface area contributed by atoms with Gasteiger partial charge in [0.2, 0.25) is 5.88 Å². The standard InChI is InChI=1S/C13H19N3O3/c1-16(10-3-4-10)5-6-19-12-11(13(17)18-2)7-9(14)8-15-12/h7-8,10H,3-6,14H2,1-2H3. The van der Waals surface area contributed by atoms with Crippen molar-refractivity contribution in [2.24, 2.45) is 0 Å². The highest BCUT2D eigenvalue weighted by molar-refractivity contribution is 5.92. The van der Waals surface area contributed by atoms with Crippen LogP contribution in [0.15, 0.2) is 12.3 Å². The number of nitrogens with zero attached hydrogens (tertiary/aromatic N) is 2. The number of anilines is 1. The molecule has 0 amide bonds. The van der Waals surface area contributed by atoms with E-state index in [4.69, 9.17) is 10.5 Å². The molecule has 2 N–H and O–H groups in total. The third kappa shape index (κ3) is 3.57. The quantitative estimate of drug-likeness (QED) is 0.771. The largest absolute Gasteiger partial charge is 0.476 e. The van der Waals surface area contributed by atoms with Crippen LogP contribution in [0.3, 0.4) is 0 Å². The van der Waals surface area contributed by atoms with Gasteiger partial charge < -0.3 is 20.1 Å². The first-order chi connectivity index (χ1) is 9.11. The number of rotatable bonds is 6. The number of aromatic nitrogens is 1. The minimum absolute atomic E-state index is 0.261. The summed E-state index contributed by atoms with van der Waals surface area (Å²) < 4.78 is 10.2. The summed E-state index contributed by atoms with van der Waals surface area (Å²) in [6, 6.07) is 2.20. The highest BCUT2D eigenvalue weighted by Crippen LogP contribution is 2.25. The Morgan fingerprint density at radius 3 is 2.95 bits per heavy atom. The number of nitrogen functional groups attached to an aromatic ring is 1. The van der Waals surface area contributed by atoms with Gasteiger partial charge in [0.25, 0.3) is 0 Å². The lowest BCUT2D eigenvalue weighted by Gasteiger charge is -2.16. The lowest BCUT2D eigenvalue weighted by molar-refractivity contribution is 0.0594. The number of hydrogen-bond donors (Lipinski definition) is 1. The van der Waals surface area contributed by atoms with Gasteiger partial charge in [-0.3, -0.25) is 0 Å². The first kappa shape index (κ1) is 13.6. The Morgan fingerprint density at radius 2 is 2.32 bits per heavy atom. The van der Waals surface area contributed by atoms with Gasteiger partial charge in [0.1, 0.15) is 12.2 Å². The zero-order valence-electron chi connectivity index (χ0n) is 11.3. The van der Waals surface area contributed by atoms with Crippen molar-refractivity contribution >= 4 is 11.7 Å². The van der Waals surface area contributed by atoms with Gasteiger partial charge in [0, 0.05) is 12.6 Å². The molecule has 1 fully saturated rings. The van der Waals surface area contributed by atoms with E-state index >= 15 is 0 Å². The Balaban J connectivity index is 1.96. The molecule has 0 spiro atoms. The molecule has 19 heavy (non-hydrogen) atoms. The van der Waals surface area contributed by atoms with Gasteiger partial charge in [-0.05, 0) is 26.0 Å². The fourth-order valence-electron chi connectivity index (χ4n) is 1.82. The third-order valence-electron chi connectivity index (χ3n) is 3.13. The normalized spacial score (nSPS) is 14.5. The molecule has 1 aromatic heterocycles. The minimum atomic E-state index is -0.495. The van der Waals surface area contributed by atoms with E-state index in [2.05, 4.69) is 21.7 Å². The van der Waals surface area contributed by atoms with Gasteiger partial charge in [-0.25, -0.2) is 9.78 Å². The molecule has 1 aromatic rings. The molecule has 0 atom stereocenters. The van der Waals surface area contributed by atoms with Crippen molar-refractivity contribution < 1.29 is 14.3 Å². The van der Waals surface area contributed by atoms with Crippen LogP contribution in [-0.4, -0.2) is 49.2 Å². The lowest BCUT2D eigenvalue weighted by atomic mass is 10.2. The number of nitrogens with two attached hydrogens (primary N) is 1. The molecule has 1 heterocycles. The maximum Gasteiger partial charge on any atom is 0.343 e. The van der Waals surface area contributed by atoms with E-state index in [1.165, 1.54) is 32.2 Å². The van der Waals surface area contributed by atoms with Crippen molar-refractivity contribution in [2.75, 3.05) is 33.0 Å². The molecule has 0 bridgehead atoms. The van der Waals surface area contributed by atoms with Crippen LogP contribution in [0.25, 0.3) is 0 Å². The number of likely N-dealkylation sites (N-methyl/N-ethyl adjacent to an activating group) is 1. The zero-order chi connectivity index (χ0) is 13.8. The van der Waals surface area contributed by atoms with Gasteiger partial charge >= 0.3 is 5.97 Å². The number of pyridine rings is 1. The SMILES string of the molecule is COC(=O)c1cc(N)cnc1OCCN(C)C1CC1. The average Bonchev–Trinajstić information content (AvgIpc) is 3.23. The fraction of sp³-hybridized carbons (Fsp3) is 0.538. The summed E-state index contributed by atoms with van der Waals surface area (Å²) in [5, 5.41) is 0. The second-order valence-electron chi connectivity index (χ2n) is 4.67. The van der Waals surface area contributed by atoms with E-state index in [-0.39, 0.29) is 11.4 Å². The molecular formula is C13H19N3O3. The predicted molar refractivity (Wildman–Crippen MR) is 71.1 cm³/mol. The molecule has 0 saturated heterocycles. The monoisotopic (exact) mass is 265 g/mol. The number of carbonyl (C=O) groups is 1. The van der Waals surface area contributed by atoms with Gasteiger partial charge in [0.15, 0.2) is 0 Å². The van der Waals surface area contributed by atoms with Crippen LogP contribution in [0.4, 0.5) is 5.69 Å². The molecule has 1 saturated carbocycles. The van der Waals surface area contributed by atoms with Crippen LogP contribution in [-0.2, 0) is 4.74 Å². The summed E-state index contributed by atoms with van der Waals surface area (Å²) in [5.41, 5.74) is 6.28. The average molecular weight is 265 g/mol. The number of carbonyl (C=O) groups excluding carboxylic acids is 1. The fourth-order valence-corrected chi connectivity index (χ4v) is 1.82. The van der Waals surface area contributed by atoms with Crippen LogP contribution in [0.5, 0.6) is 5.88 Å². The molecule has 104 valence electrons. The van der Waals surface area contributed by atoms with E-state index in [0.29, 0.717) is 18.3 Å².